The van der Waals surface area contributed by atoms with Crippen LogP contribution in [-0.4, -0.2) is 45.6 Å². The number of hydrogen-bond acceptors (Lipinski definition) is 4. The van der Waals surface area contributed by atoms with Crippen LogP contribution in [0.25, 0.3) is 0 Å². The second-order valence-electron chi connectivity index (χ2n) is 14.2. The molecule has 6 heteroatoms. The highest BCUT2D eigenvalue weighted by molar-refractivity contribution is 8.89. The van der Waals surface area contributed by atoms with Gasteiger partial charge in [-0.25, -0.2) is 0 Å². The fraction of sp³-hybridized carbons (Fsp3) is 0.950. The van der Waals surface area contributed by atoms with E-state index in [1.807, 2.05) is 19.0 Å². The van der Waals surface area contributed by atoms with Crippen LogP contribution < -0.4 is 0 Å². The molecule has 0 aromatic rings. The van der Waals surface area contributed by atoms with E-state index in [0.29, 0.717) is 0 Å². The molecule has 0 rings (SSSR count). The summed E-state index contributed by atoms with van der Waals surface area (Å²) < 4.78 is 1.92. The second-order valence-corrected chi connectivity index (χ2v) is 17.6. The largest absolute Gasteiger partial charge is 0.363 e. The maximum Gasteiger partial charge on any atom is 0.147 e. The Morgan fingerprint density at radius 2 is 0.565 bits per heavy atom. The third kappa shape index (κ3) is 34.3. The van der Waals surface area contributed by atoms with Gasteiger partial charge in [-0.15, -0.1) is 0 Å². The Bertz CT molecular complexity index is 607. The molecule has 0 amide bonds. The average Bonchev–Trinajstić information content (AvgIpc) is 3.05. The van der Waals surface area contributed by atoms with E-state index in [1.165, 1.54) is 205 Å². The van der Waals surface area contributed by atoms with Gasteiger partial charge in [-0.1, -0.05) is 231 Å². The van der Waals surface area contributed by atoms with E-state index in [1.54, 1.807) is 21.6 Å². The predicted molar refractivity (Wildman–Crippen MR) is 225 cm³/mol. The summed E-state index contributed by atoms with van der Waals surface area (Å²) in [5, 5.41) is 0. The Balaban J connectivity index is 3.91. The van der Waals surface area contributed by atoms with E-state index in [9.17, 15) is 0 Å². The maximum absolute atomic E-state index is 5.89. The Hall–Kier alpha value is 0.480. The lowest BCUT2D eigenvalue weighted by Gasteiger charge is -2.25. The molecule has 0 radical (unpaired) electrons. The van der Waals surface area contributed by atoms with Crippen molar-refractivity contribution in [2.24, 2.45) is 0 Å². The Morgan fingerprint density at radius 3 is 0.804 bits per heavy atom. The van der Waals surface area contributed by atoms with Crippen molar-refractivity contribution in [1.29, 1.82) is 0 Å². The molecule has 0 atom stereocenters. The van der Waals surface area contributed by atoms with Gasteiger partial charge in [0.15, 0.2) is 0 Å². The standard InChI is InChI=1S/C40H80N2S4/c1-5-7-9-11-13-15-17-19-21-23-25-27-29-31-33-35-37-42(40(44)46-45-39(43)41(3)4)38-36-34-32-30-28-26-24-22-20-18-16-14-12-10-8-6-2/h5-38H2,1-4H3. The molecule has 0 fully saturated rings. The third-order valence-corrected chi connectivity index (χ3v) is 13.3. The van der Waals surface area contributed by atoms with E-state index < -0.39 is 0 Å². The van der Waals surface area contributed by atoms with Crippen molar-refractivity contribution in [1.82, 2.24) is 9.80 Å². The van der Waals surface area contributed by atoms with Gasteiger partial charge in [0.05, 0.1) is 0 Å². The van der Waals surface area contributed by atoms with E-state index in [4.69, 9.17) is 24.4 Å². The summed E-state index contributed by atoms with van der Waals surface area (Å²) in [6.45, 7) is 6.82. The first-order valence-corrected chi connectivity index (χ1v) is 23.3. The van der Waals surface area contributed by atoms with E-state index in [0.717, 1.165) is 21.7 Å². The molecule has 46 heavy (non-hydrogen) atoms. The molecule has 0 unspecified atom stereocenters. The fourth-order valence-corrected chi connectivity index (χ4v) is 8.76. The first-order valence-electron chi connectivity index (χ1n) is 20.4. The van der Waals surface area contributed by atoms with Crippen molar-refractivity contribution >= 4 is 54.7 Å². The summed E-state index contributed by atoms with van der Waals surface area (Å²) in [4.78, 5) is 4.49. The van der Waals surface area contributed by atoms with Gasteiger partial charge in [-0.2, -0.15) is 0 Å². The normalized spacial score (nSPS) is 11.3. The molecule has 0 heterocycles. The molecule has 0 aromatic heterocycles. The minimum absolute atomic E-state index is 0.900. The van der Waals surface area contributed by atoms with E-state index in [-0.39, 0.29) is 0 Å². The van der Waals surface area contributed by atoms with E-state index >= 15 is 0 Å². The summed E-state index contributed by atoms with van der Waals surface area (Å²) >= 11 is 11.4. The highest BCUT2D eigenvalue weighted by atomic mass is 33.1. The molecular formula is C40H80N2S4. The molecule has 0 saturated carbocycles. The molecule has 0 saturated heterocycles. The number of thiocarbonyl (C=S) groups is 2. The number of nitrogens with zero attached hydrogens (tertiary/aromatic N) is 2. The van der Waals surface area contributed by atoms with Gasteiger partial charge in [-0.05, 0) is 34.4 Å². The van der Waals surface area contributed by atoms with Gasteiger partial charge in [0.1, 0.15) is 8.64 Å². The first kappa shape index (κ1) is 46.5. The molecule has 0 aliphatic heterocycles. The average molecular weight is 717 g/mol. The highest BCUT2D eigenvalue weighted by Gasteiger charge is 2.12. The molecule has 0 aromatic carbocycles. The molecular weight excluding hydrogens is 637 g/mol. The zero-order valence-corrected chi connectivity index (χ0v) is 34.8. The second kappa shape index (κ2) is 38.3. The fourth-order valence-electron chi connectivity index (χ4n) is 6.19. The quantitative estimate of drug-likeness (QED) is 0.0369. The molecule has 0 aliphatic rings. The van der Waals surface area contributed by atoms with Gasteiger partial charge >= 0.3 is 0 Å². The summed E-state index contributed by atoms with van der Waals surface area (Å²) in [5.74, 6) is 0. The minimum Gasteiger partial charge on any atom is -0.363 e. The van der Waals surface area contributed by atoms with Crippen LogP contribution in [0.5, 0.6) is 0 Å². The number of rotatable bonds is 34. The zero-order chi connectivity index (χ0) is 33.8. The van der Waals surface area contributed by atoms with Crippen LogP contribution in [0.2, 0.25) is 0 Å². The van der Waals surface area contributed by atoms with Crippen LogP contribution in [0.15, 0.2) is 0 Å². The van der Waals surface area contributed by atoms with Crippen LogP contribution in [0, 0.1) is 0 Å². The zero-order valence-electron chi connectivity index (χ0n) is 31.6. The van der Waals surface area contributed by atoms with Crippen LogP contribution >= 0.6 is 46.0 Å². The van der Waals surface area contributed by atoms with Crippen molar-refractivity contribution in [3.05, 3.63) is 0 Å². The third-order valence-electron chi connectivity index (χ3n) is 9.37. The SMILES string of the molecule is CCCCCCCCCCCCCCCCCCN(CCCCCCCCCCCCCCCCCC)C(=S)SSC(=S)N(C)C. The lowest BCUT2D eigenvalue weighted by atomic mass is 10.0. The topological polar surface area (TPSA) is 6.48 Å². The number of unbranched alkanes of at least 4 members (excludes halogenated alkanes) is 30. The summed E-state index contributed by atoms with van der Waals surface area (Å²) in [7, 11) is 7.37. The Morgan fingerprint density at radius 1 is 0.348 bits per heavy atom. The lowest BCUT2D eigenvalue weighted by Crippen LogP contribution is -2.29. The number of hydrogen-bond donors (Lipinski definition) is 0. The summed E-state index contributed by atoms with van der Waals surface area (Å²) in [6, 6.07) is 0. The van der Waals surface area contributed by atoms with Crippen LogP contribution in [0.4, 0.5) is 0 Å². The monoisotopic (exact) mass is 717 g/mol. The molecule has 0 N–H and O–H groups in total. The van der Waals surface area contributed by atoms with Gasteiger partial charge in [0.25, 0.3) is 0 Å². The van der Waals surface area contributed by atoms with Crippen molar-refractivity contribution in [3.63, 3.8) is 0 Å². The van der Waals surface area contributed by atoms with Crippen LogP contribution in [0.3, 0.4) is 0 Å². The van der Waals surface area contributed by atoms with E-state index in [2.05, 4.69) is 18.7 Å². The minimum atomic E-state index is 0.900. The Labute approximate surface area is 309 Å². The molecule has 0 bridgehead atoms. The van der Waals surface area contributed by atoms with Gasteiger partial charge in [0, 0.05) is 27.2 Å². The van der Waals surface area contributed by atoms with Crippen LogP contribution in [-0.2, 0) is 0 Å². The molecule has 2 nitrogen and oxygen atoms in total. The molecule has 0 spiro atoms. The predicted octanol–water partition coefficient (Wildman–Crippen LogP) is 15.3. The van der Waals surface area contributed by atoms with Crippen molar-refractivity contribution in [2.75, 3.05) is 27.2 Å². The van der Waals surface area contributed by atoms with Crippen LogP contribution in [0.1, 0.15) is 219 Å². The summed E-state index contributed by atoms with van der Waals surface area (Å²) in [5.41, 5.74) is 0. The van der Waals surface area contributed by atoms with Gasteiger partial charge < -0.3 is 9.80 Å². The van der Waals surface area contributed by atoms with Crippen molar-refractivity contribution in [2.45, 2.75) is 219 Å². The lowest BCUT2D eigenvalue weighted by molar-refractivity contribution is 0.394. The smallest absolute Gasteiger partial charge is 0.147 e. The molecule has 274 valence electrons. The van der Waals surface area contributed by atoms with Gasteiger partial charge in [-0.3, -0.25) is 0 Å². The highest BCUT2D eigenvalue weighted by Crippen LogP contribution is 2.28. The summed E-state index contributed by atoms with van der Waals surface area (Å²) in [6.07, 6.45) is 45.3. The first-order chi connectivity index (χ1) is 22.5. The Kier molecular flexibility index (Phi) is 38.7. The van der Waals surface area contributed by atoms with Crippen molar-refractivity contribution in [3.8, 4) is 0 Å². The van der Waals surface area contributed by atoms with Crippen molar-refractivity contribution < 1.29 is 0 Å². The van der Waals surface area contributed by atoms with Gasteiger partial charge in [0.2, 0.25) is 0 Å². The maximum atomic E-state index is 5.89. The molecule has 0 aliphatic carbocycles.